The largest absolute Gasteiger partial charge is 0.859 e. The lowest BCUT2D eigenvalue weighted by Crippen LogP contribution is -2.55. The van der Waals surface area contributed by atoms with E-state index in [1.165, 1.54) is 21.0 Å². The molecule has 0 atom stereocenters. The van der Waals surface area contributed by atoms with Crippen molar-refractivity contribution >= 4 is 29.1 Å². The fourth-order valence-electron chi connectivity index (χ4n) is 5.43. The maximum Gasteiger partial charge on any atom is 0.338 e. The Labute approximate surface area is 244 Å². The van der Waals surface area contributed by atoms with Crippen molar-refractivity contribution in [3.63, 3.8) is 0 Å². The molecule has 3 aromatic rings. The third-order valence-electron chi connectivity index (χ3n) is 8.97. The zero-order valence-corrected chi connectivity index (χ0v) is 25.9. The topological polar surface area (TPSA) is 125 Å². The minimum Gasteiger partial charge on any atom is -0.859 e. The number of aromatic nitrogens is 2. The second-order valence-electron chi connectivity index (χ2n) is 11.1. The van der Waals surface area contributed by atoms with E-state index in [0.717, 1.165) is 52.3 Å². The van der Waals surface area contributed by atoms with Gasteiger partial charge in [-0.3, -0.25) is 19.3 Å². The molecule has 1 aromatic heterocycles. The van der Waals surface area contributed by atoms with Crippen molar-refractivity contribution in [2.45, 2.75) is 62.3 Å². The van der Waals surface area contributed by atoms with Crippen LogP contribution in [0.3, 0.4) is 0 Å². The maximum absolute atomic E-state index is 14.0. The summed E-state index contributed by atoms with van der Waals surface area (Å²) in [5, 5.41) is 13.4. The second kappa shape index (κ2) is 10.3. The summed E-state index contributed by atoms with van der Waals surface area (Å²) in [6, 6.07) is 2.55. The zero-order valence-electron chi connectivity index (χ0n) is 25.9. The van der Waals surface area contributed by atoms with E-state index in [4.69, 9.17) is 0 Å². The molecule has 4 rings (SSSR count). The van der Waals surface area contributed by atoms with E-state index in [-0.39, 0.29) is 5.57 Å². The summed E-state index contributed by atoms with van der Waals surface area (Å²) in [6.07, 6.45) is 0. The van der Waals surface area contributed by atoms with Gasteiger partial charge in [0.05, 0.1) is 16.9 Å². The summed E-state index contributed by atoms with van der Waals surface area (Å²) in [5.41, 5.74) is 4.39. The molecule has 0 radical (unpaired) electrons. The minimum absolute atomic E-state index is 0.217. The summed E-state index contributed by atoms with van der Waals surface area (Å²) in [6.45, 7) is 16.2. The van der Waals surface area contributed by atoms with Gasteiger partial charge in [0.25, 0.3) is 17.4 Å². The van der Waals surface area contributed by atoms with E-state index in [9.17, 15) is 29.1 Å². The van der Waals surface area contributed by atoms with Crippen LogP contribution in [0.1, 0.15) is 57.0 Å². The van der Waals surface area contributed by atoms with Gasteiger partial charge in [-0.15, -0.1) is 0 Å². The van der Waals surface area contributed by atoms with Gasteiger partial charge in [0.15, 0.2) is 0 Å². The molecule has 220 valence electrons. The standard InChI is InChI=1S/C32H36N4O6/c1-14-12-23(20(7)18(5)16(14)3)35-29(39)25(27(37)33(10)31(35)41)22(9)26-28(38)34(11)32(42)36(30(26)40)24-13-15(2)17(4)19(6)21(24)8/h12-13,37H,1-11H3/p-1/b26-22+. The van der Waals surface area contributed by atoms with Crippen molar-refractivity contribution in [1.82, 2.24) is 14.0 Å². The molecule has 2 heterocycles. The third kappa shape index (κ3) is 4.20. The molecule has 0 unspecified atom stereocenters. The van der Waals surface area contributed by atoms with Crippen LogP contribution in [0.5, 0.6) is 5.88 Å². The van der Waals surface area contributed by atoms with Crippen molar-refractivity contribution in [3.05, 3.63) is 88.6 Å². The first-order chi connectivity index (χ1) is 19.4. The van der Waals surface area contributed by atoms with Crippen LogP contribution in [-0.4, -0.2) is 38.9 Å². The van der Waals surface area contributed by atoms with Crippen molar-refractivity contribution in [3.8, 4) is 11.6 Å². The molecule has 1 saturated heterocycles. The second-order valence-corrected chi connectivity index (χ2v) is 11.1. The lowest BCUT2D eigenvalue weighted by atomic mass is 9.95. The van der Waals surface area contributed by atoms with Crippen molar-refractivity contribution in [1.29, 1.82) is 0 Å². The average molecular weight is 572 g/mol. The van der Waals surface area contributed by atoms with E-state index in [2.05, 4.69) is 0 Å². The Morgan fingerprint density at radius 3 is 1.67 bits per heavy atom. The Bertz CT molecular complexity index is 1910. The fraction of sp³-hybridized carbons (Fsp3) is 0.344. The number of allylic oxidation sites excluding steroid dienone is 1. The summed E-state index contributed by atoms with van der Waals surface area (Å²) in [4.78, 5) is 69.8. The summed E-state index contributed by atoms with van der Waals surface area (Å²) in [7, 11) is 2.47. The number of hydrogen-bond donors (Lipinski definition) is 0. The molecule has 1 aliphatic heterocycles. The SMILES string of the molecule is C/C(=C1/C(=O)N(C)C(=O)N(c2cc(C)c(C)c(C)c2C)C1=O)c1c([O-])n(C)c(=O)n(-c2cc(C)c(C)c(C)c2C)c1=O. The van der Waals surface area contributed by atoms with Gasteiger partial charge in [-0.05, 0) is 130 Å². The van der Waals surface area contributed by atoms with Crippen LogP contribution in [0.2, 0.25) is 0 Å². The average Bonchev–Trinajstić information content (AvgIpc) is 2.94. The first-order valence-electron chi connectivity index (χ1n) is 13.5. The number of rotatable bonds is 3. The molecule has 10 nitrogen and oxygen atoms in total. The fourth-order valence-corrected chi connectivity index (χ4v) is 5.43. The smallest absolute Gasteiger partial charge is 0.338 e. The van der Waals surface area contributed by atoms with Gasteiger partial charge in [-0.1, -0.05) is 0 Å². The Hall–Kier alpha value is -4.73. The number of carbonyl (C=O) groups is 3. The quantitative estimate of drug-likeness (QED) is 0.350. The maximum atomic E-state index is 14.0. The van der Waals surface area contributed by atoms with E-state index < -0.39 is 46.1 Å². The van der Waals surface area contributed by atoms with E-state index in [1.807, 2.05) is 41.5 Å². The van der Waals surface area contributed by atoms with Crippen LogP contribution in [-0.2, 0) is 16.6 Å². The third-order valence-corrected chi connectivity index (χ3v) is 8.97. The summed E-state index contributed by atoms with van der Waals surface area (Å²) >= 11 is 0. The Morgan fingerprint density at radius 1 is 0.667 bits per heavy atom. The molecule has 10 heteroatoms. The number of aryl methyl sites for hydroxylation is 2. The first kappa shape index (κ1) is 30.2. The van der Waals surface area contributed by atoms with Gasteiger partial charge in [0.1, 0.15) is 5.57 Å². The van der Waals surface area contributed by atoms with E-state index >= 15 is 0 Å². The number of likely N-dealkylation sites (N-methyl/N-ethyl adjacent to an activating group) is 1. The molecule has 0 spiro atoms. The number of nitrogens with zero attached hydrogens (tertiary/aromatic N) is 4. The van der Waals surface area contributed by atoms with Crippen molar-refractivity contribution < 1.29 is 19.5 Å². The van der Waals surface area contributed by atoms with Crippen LogP contribution in [0.15, 0.2) is 27.3 Å². The minimum atomic E-state index is -0.955. The summed E-state index contributed by atoms with van der Waals surface area (Å²) in [5.74, 6) is -2.85. The van der Waals surface area contributed by atoms with Gasteiger partial charge >= 0.3 is 11.7 Å². The van der Waals surface area contributed by atoms with Crippen LogP contribution < -0.4 is 21.3 Å². The molecular formula is C32H35N4O6-. The molecule has 0 bridgehead atoms. The molecule has 1 aliphatic rings. The molecule has 0 saturated carbocycles. The number of carbonyl (C=O) groups excluding carboxylic acids is 3. The van der Waals surface area contributed by atoms with Crippen LogP contribution >= 0.6 is 0 Å². The van der Waals surface area contributed by atoms with E-state index in [0.29, 0.717) is 22.5 Å². The number of imide groups is 2. The number of amides is 4. The molecular weight excluding hydrogens is 536 g/mol. The van der Waals surface area contributed by atoms with Gasteiger partial charge < -0.3 is 9.67 Å². The number of benzene rings is 2. The predicted octanol–water partition coefficient (Wildman–Crippen LogP) is 3.48. The lowest BCUT2D eigenvalue weighted by Gasteiger charge is -2.34. The summed E-state index contributed by atoms with van der Waals surface area (Å²) < 4.78 is 1.68. The Morgan fingerprint density at radius 2 is 1.14 bits per heavy atom. The van der Waals surface area contributed by atoms with Gasteiger partial charge in [-0.25, -0.2) is 19.1 Å². The highest BCUT2D eigenvalue weighted by atomic mass is 16.3. The number of anilines is 1. The van der Waals surface area contributed by atoms with Crippen LogP contribution in [0.4, 0.5) is 10.5 Å². The van der Waals surface area contributed by atoms with Gasteiger partial charge in [0, 0.05) is 14.1 Å². The molecule has 42 heavy (non-hydrogen) atoms. The normalized spacial score (nSPS) is 15.2. The number of urea groups is 1. The van der Waals surface area contributed by atoms with Crippen molar-refractivity contribution in [2.24, 2.45) is 7.05 Å². The Balaban J connectivity index is 2.07. The highest BCUT2D eigenvalue weighted by molar-refractivity contribution is 6.40. The lowest BCUT2D eigenvalue weighted by molar-refractivity contribution is -0.280. The molecule has 0 N–H and O–H groups in total. The highest BCUT2D eigenvalue weighted by Gasteiger charge is 2.43. The first-order valence-corrected chi connectivity index (χ1v) is 13.5. The molecule has 2 aromatic carbocycles. The van der Waals surface area contributed by atoms with Crippen LogP contribution in [0.25, 0.3) is 11.3 Å². The van der Waals surface area contributed by atoms with Gasteiger partial charge in [-0.2, -0.15) is 0 Å². The number of hydrogen-bond acceptors (Lipinski definition) is 6. The highest BCUT2D eigenvalue weighted by Crippen LogP contribution is 2.34. The molecule has 4 amide bonds. The Kier molecular flexibility index (Phi) is 7.40. The number of barbiturate groups is 1. The zero-order chi connectivity index (χ0) is 31.7. The van der Waals surface area contributed by atoms with E-state index in [1.54, 1.807) is 26.0 Å². The van der Waals surface area contributed by atoms with Crippen LogP contribution in [0, 0.1) is 55.4 Å². The molecule has 1 fully saturated rings. The molecule has 0 aliphatic carbocycles. The predicted molar refractivity (Wildman–Crippen MR) is 159 cm³/mol. The monoisotopic (exact) mass is 571 g/mol. The van der Waals surface area contributed by atoms with Gasteiger partial charge in [0.2, 0.25) is 0 Å². The van der Waals surface area contributed by atoms with Crippen molar-refractivity contribution in [2.75, 3.05) is 11.9 Å².